The Morgan fingerprint density at radius 2 is 2.26 bits per heavy atom. The van der Waals surface area contributed by atoms with Crippen molar-refractivity contribution in [3.05, 3.63) is 40.1 Å². The molecule has 0 fully saturated rings. The summed E-state index contributed by atoms with van der Waals surface area (Å²) in [5.41, 5.74) is 4.02. The van der Waals surface area contributed by atoms with E-state index in [2.05, 4.69) is 20.6 Å². The quantitative estimate of drug-likeness (QED) is 0.878. The third kappa shape index (κ3) is 3.51. The number of anilines is 1. The van der Waals surface area contributed by atoms with Crippen molar-refractivity contribution in [1.82, 2.24) is 15.3 Å². The number of aryl methyl sites for hydroxylation is 1. The van der Waals surface area contributed by atoms with Gasteiger partial charge in [-0.15, -0.1) is 11.3 Å². The average molecular weight is 276 g/mol. The lowest BCUT2D eigenvalue weighted by atomic mass is 10.2. The van der Waals surface area contributed by atoms with Gasteiger partial charge in [0, 0.05) is 29.5 Å². The molecule has 0 atom stereocenters. The third-order valence-corrected chi connectivity index (χ3v) is 3.34. The van der Waals surface area contributed by atoms with Crippen molar-refractivity contribution in [2.45, 2.75) is 20.4 Å². The molecule has 0 aliphatic rings. The number of hydrogen-bond acceptors (Lipinski definition) is 5. The number of nitrogens with one attached hydrogen (secondary N) is 2. The Hall–Kier alpha value is -1.95. The summed E-state index contributed by atoms with van der Waals surface area (Å²) in [6.07, 6.45) is 3.36. The van der Waals surface area contributed by atoms with Gasteiger partial charge in [0.05, 0.1) is 23.3 Å². The molecule has 0 aliphatic heterocycles. The molecular formula is C13H16N4OS. The average Bonchev–Trinajstić information content (AvgIpc) is 2.90. The summed E-state index contributed by atoms with van der Waals surface area (Å²) < 4.78 is 0. The van der Waals surface area contributed by atoms with Gasteiger partial charge in [-0.3, -0.25) is 14.8 Å². The molecule has 1 amide bonds. The van der Waals surface area contributed by atoms with Crippen molar-refractivity contribution in [3.8, 4) is 0 Å². The summed E-state index contributed by atoms with van der Waals surface area (Å²) >= 11 is 1.52. The molecule has 2 N–H and O–H groups in total. The van der Waals surface area contributed by atoms with Crippen LogP contribution >= 0.6 is 11.3 Å². The summed E-state index contributed by atoms with van der Waals surface area (Å²) in [5, 5.41) is 6.05. The fraction of sp³-hybridized carbons (Fsp3) is 0.308. The van der Waals surface area contributed by atoms with Crippen molar-refractivity contribution in [2.75, 3.05) is 11.9 Å². The Balaban J connectivity index is 2.09. The molecule has 0 radical (unpaired) electrons. The summed E-state index contributed by atoms with van der Waals surface area (Å²) in [6, 6.07) is 1.88. The van der Waals surface area contributed by atoms with Crippen LogP contribution in [-0.4, -0.2) is 22.4 Å². The lowest BCUT2D eigenvalue weighted by Crippen LogP contribution is -2.24. The molecule has 2 aromatic heterocycles. The van der Waals surface area contributed by atoms with E-state index in [-0.39, 0.29) is 5.91 Å². The van der Waals surface area contributed by atoms with Gasteiger partial charge in [0.1, 0.15) is 0 Å². The van der Waals surface area contributed by atoms with Gasteiger partial charge in [-0.25, -0.2) is 0 Å². The maximum Gasteiger partial charge on any atom is 0.255 e. The fourth-order valence-electron chi connectivity index (χ4n) is 1.67. The van der Waals surface area contributed by atoms with E-state index in [0.717, 1.165) is 22.8 Å². The van der Waals surface area contributed by atoms with Crippen LogP contribution in [0.1, 0.15) is 27.9 Å². The van der Waals surface area contributed by atoms with Crippen LogP contribution in [0.4, 0.5) is 5.69 Å². The van der Waals surface area contributed by atoms with Crippen LogP contribution in [0.15, 0.2) is 24.0 Å². The zero-order valence-electron chi connectivity index (χ0n) is 10.9. The molecule has 19 heavy (non-hydrogen) atoms. The number of nitrogens with zero attached hydrogens (tertiary/aromatic N) is 2. The number of pyridine rings is 1. The molecule has 2 aromatic rings. The van der Waals surface area contributed by atoms with Crippen LogP contribution in [0.5, 0.6) is 0 Å². The first-order valence-corrected chi connectivity index (χ1v) is 6.94. The Morgan fingerprint density at radius 3 is 2.95 bits per heavy atom. The van der Waals surface area contributed by atoms with Crippen LogP contribution in [0, 0.1) is 6.92 Å². The number of thiazole rings is 1. The number of carbonyl (C=O) groups is 1. The van der Waals surface area contributed by atoms with E-state index in [0.29, 0.717) is 12.1 Å². The molecule has 0 saturated heterocycles. The van der Waals surface area contributed by atoms with E-state index in [4.69, 9.17) is 0 Å². The summed E-state index contributed by atoms with van der Waals surface area (Å²) in [5.74, 6) is -0.128. The van der Waals surface area contributed by atoms with Gasteiger partial charge < -0.3 is 10.6 Å². The van der Waals surface area contributed by atoms with E-state index >= 15 is 0 Å². The first-order valence-electron chi connectivity index (χ1n) is 6.06. The van der Waals surface area contributed by atoms with Crippen LogP contribution in [0.3, 0.4) is 0 Å². The lowest BCUT2D eigenvalue weighted by molar-refractivity contribution is 0.0951. The second-order valence-electron chi connectivity index (χ2n) is 4.05. The molecule has 0 unspecified atom stereocenters. The van der Waals surface area contributed by atoms with Gasteiger partial charge >= 0.3 is 0 Å². The Labute approximate surface area is 116 Å². The Morgan fingerprint density at radius 1 is 1.42 bits per heavy atom. The number of amides is 1. The highest BCUT2D eigenvalue weighted by atomic mass is 32.1. The second-order valence-corrected chi connectivity index (χ2v) is 5.02. The van der Waals surface area contributed by atoms with Crippen LogP contribution in [-0.2, 0) is 6.54 Å². The molecule has 5 nitrogen and oxygen atoms in total. The molecule has 0 spiro atoms. The molecular weight excluding hydrogens is 260 g/mol. The highest BCUT2D eigenvalue weighted by Crippen LogP contribution is 2.16. The molecule has 6 heteroatoms. The van der Waals surface area contributed by atoms with Crippen molar-refractivity contribution in [2.24, 2.45) is 0 Å². The molecule has 0 saturated carbocycles. The van der Waals surface area contributed by atoms with Crippen LogP contribution in [0.2, 0.25) is 0 Å². The number of carbonyl (C=O) groups excluding carboxylic acids is 1. The third-order valence-electron chi connectivity index (χ3n) is 2.56. The topological polar surface area (TPSA) is 66.9 Å². The van der Waals surface area contributed by atoms with Gasteiger partial charge in [-0.05, 0) is 19.9 Å². The maximum atomic E-state index is 12.1. The molecule has 0 aromatic carbocycles. The molecule has 0 bridgehead atoms. The summed E-state index contributed by atoms with van der Waals surface area (Å²) in [6.45, 7) is 5.15. The lowest BCUT2D eigenvalue weighted by Gasteiger charge is -2.11. The van der Waals surface area contributed by atoms with E-state index in [1.807, 2.05) is 19.9 Å². The molecule has 0 aliphatic carbocycles. The van der Waals surface area contributed by atoms with Crippen molar-refractivity contribution in [1.29, 1.82) is 0 Å². The zero-order valence-corrected chi connectivity index (χ0v) is 11.8. The number of hydrogen-bond donors (Lipinski definition) is 2. The van der Waals surface area contributed by atoms with Gasteiger partial charge in [0.2, 0.25) is 0 Å². The van der Waals surface area contributed by atoms with Gasteiger partial charge in [-0.1, -0.05) is 0 Å². The van der Waals surface area contributed by atoms with Crippen LogP contribution < -0.4 is 10.6 Å². The van der Waals surface area contributed by atoms with E-state index in [1.165, 1.54) is 11.3 Å². The highest BCUT2D eigenvalue weighted by Gasteiger charge is 2.12. The van der Waals surface area contributed by atoms with E-state index in [9.17, 15) is 4.79 Å². The van der Waals surface area contributed by atoms with Crippen LogP contribution in [0.25, 0.3) is 0 Å². The SMILES string of the molecule is CCNc1cc(C)ncc1C(=O)NCc1cncs1. The first-order chi connectivity index (χ1) is 9.20. The summed E-state index contributed by atoms with van der Waals surface area (Å²) in [7, 11) is 0. The normalized spacial score (nSPS) is 10.2. The largest absolute Gasteiger partial charge is 0.385 e. The number of rotatable bonds is 5. The van der Waals surface area contributed by atoms with Crippen molar-refractivity contribution in [3.63, 3.8) is 0 Å². The Kier molecular flexibility index (Phi) is 4.46. The predicted molar refractivity (Wildman–Crippen MR) is 76.4 cm³/mol. The first kappa shape index (κ1) is 13.5. The monoisotopic (exact) mass is 276 g/mol. The predicted octanol–water partition coefficient (Wildman–Crippen LogP) is 2.21. The van der Waals surface area contributed by atoms with Gasteiger partial charge in [0.25, 0.3) is 5.91 Å². The summed E-state index contributed by atoms with van der Waals surface area (Å²) in [4.78, 5) is 21.3. The minimum atomic E-state index is -0.128. The Bertz CT molecular complexity index is 554. The number of aromatic nitrogens is 2. The zero-order chi connectivity index (χ0) is 13.7. The molecule has 2 rings (SSSR count). The minimum absolute atomic E-state index is 0.128. The van der Waals surface area contributed by atoms with E-state index in [1.54, 1.807) is 17.9 Å². The van der Waals surface area contributed by atoms with Gasteiger partial charge in [0.15, 0.2) is 0 Å². The maximum absolute atomic E-state index is 12.1. The highest BCUT2D eigenvalue weighted by molar-refractivity contribution is 7.09. The standard InChI is InChI=1S/C13H16N4OS/c1-3-15-12-4-9(2)16-7-11(12)13(18)17-6-10-5-14-8-19-10/h4-5,7-8H,3,6H2,1-2H3,(H,15,16)(H,17,18). The van der Waals surface area contributed by atoms with E-state index < -0.39 is 0 Å². The van der Waals surface area contributed by atoms with Gasteiger partial charge in [-0.2, -0.15) is 0 Å². The van der Waals surface area contributed by atoms with Crippen molar-refractivity contribution < 1.29 is 4.79 Å². The second kappa shape index (κ2) is 6.29. The minimum Gasteiger partial charge on any atom is -0.385 e. The molecule has 2 heterocycles. The molecule has 100 valence electrons. The fourth-order valence-corrected chi connectivity index (χ4v) is 2.20. The smallest absolute Gasteiger partial charge is 0.255 e. The van der Waals surface area contributed by atoms with Crippen molar-refractivity contribution >= 4 is 22.9 Å².